The summed E-state index contributed by atoms with van der Waals surface area (Å²) in [6, 6.07) is 9.57. The summed E-state index contributed by atoms with van der Waals surface area (Å²) in [6.07, 6.45) is 5.77. The Morgan fingerprint density at radius 3 is 2.34 bits per heavy atom. The number of carbonyl (C=O) groups excluding carboxylic acids is 3. The zero-order valence-corrected chi connectivity index (χ0v) is 16.5. The Morgan fingerprint density at radius 2 is 1.69 bits per heavy atom. The van der Waals surface area contributed by atoms with Gasteiger partial charge in [-0.1, -0.05) is 12.8 Å². The highest BCUT2D eigenvalue weighted by atomic mass is 16.5. The summed E-state index contributed by atoms with van der Waals surface area (Å²) >= 11 is 0. The number of hydrogen-bond donors (Lipinski definition) is 1. The van der Waals surface area contributed by atoms with Crippen LogP contribution in [0.25, 0.3) is 0 Å². The van der Waals surface area contributed by atoms with Gasteiger partial charge in [-0.3, -0.25) is 14.6 Å². The van der Waals surface area contributed by atoms with E-state index in [1.165, 1.54) is 12.3 Å². The van der Waals surface area contributed by atoms with Crippen molar-refractivity contribution < 1.29 is 19.1 Å². The van der Waals surface area contributed by atoms with Gasteiger partial charge in [0.05, 0.1) is 12.2 Å². The molecule has 1 aromatic carbocycles. The first-order valence-corrected chi connectivity index (χ1v) is 9.92. The van der Waals surface area contributed by atoms with Gasteiger partial charge in [0.1, 0.15) is 5.69 Å². The summed E-state index contributed by atoms with van der Waals surface area (Å²) in [4.78, 5) is 43.0. The third-order valence-electron chi connectivity index (χ3n) is 4.79. The third-order valence-corrected chi connectivity index (χ3v) is 4.79. The number of esters is 1. The molecule has 0 saturated carbocycles. The lowest BCUT2D eigenvalue weighted by atomic mass is 10.1. The zero-order valence-electron chi connectivity index (χ0n) is 16.5. The molecule has 2 amide bonds. The van der Waals surface area contributed by atoms with Gasteiger partial charge in [0.25, 0.3) is 11.8 Å². The lowest BCUT2D eigenvalue weighted by Gasteiger charge is -2.20. The Morgan fingerprint density at radius 1 is 1.00 bits per heavy atom. The Balaban J connectivity index is 1.67. The fraction of sp³-hybridized carbons (Fsp3) is 0.364. The number of hydrogen-bond acceptors (Lipinski definition) is 5. The van der Waals surface area contributed by atoms with Crippen molar-refractivity contribution in [2.24, 2.45) is 0 Å². The fourth-order valence-corrected chi connectivity index (χ4v) is 3.24. The van der Waals surface area contributed by atoms with E-state index < -0.39 is 11.9 Å². The number of nitrogens with zero attached hydrogens (tertiary/aromatic N) is 2. The molecule has 152 valence electrons. The highest BCUT2D eigenvalue weighted by Gasteiger charge is 2.19. The van der Waals surface area contributed by atoms with Gasteiger partial charge in [-0.25, -0.2) is 4.79 Å². The first-order valence-electron chi connectivity index (χ1n) is 9.92. The Hall–Kier alpha value is -3.22. The van der Waals surface area contributed by atoms with Crippen molar-refractivity contribution in [1.29, 1.82) is 0 Å². The molecule has 0 radical (unpaired) electrons. The number of pyridine rings is 1. The largest absolute Gasteiger partial charge is 0.462 e. The van der Waals surface area contributed by atoms with E-state index in [2.05, 4.69) is 10.3 Å². The maximum Gasteiger partial charge on any atom is 0.338 e. The zero-order chi connectivity index (χ0) is 20.6. The predicted octanol–water partition coefficient (Wildman–Crippen LogP) is 3.53. The Labute approximate surface area is 170 Å². The van der Waals surface area contributed by atoms with Crippen LogP contribution in [-0.4, -0.2) is 47.4 Å². The molecule has 29 heavy (non-hydrogen) atoms. The van der Waals surface area contributed by atoms with Gasteiger partial charge in [0, 0.05) is 30.5 Å². The van der Waals surface area contributed by atoms with Crippen LogP contribution in [0.1, 0.15) is 63.8 Å². The third kappa shape index (κ3) is 5.40. The van der Waals surface area contributed by atoms with E-state index in [1.807, 2.05) is 4.90 Å². The summed E-state index contributed by atoms with van der Waals surface area (Å²) < 4.78 is 4.94. The second kappa shape index (κ2) is 9.82. The summed E-state index contributed by atoms with van der Waals surface area (Å²) in [6.45, 7) is 3.53. The molecule has 7 heteroatoms. The lowest BCUT2D eigenvalue weighted by Crippen LogP contribution is -2.32. The molecule has 0 atom stereocenters. The molecule has 1 aliphatic rings. The van der Waals surface area contributed by atoms with E-state index in [-0.39, 0.29) is 11.6 Å². The number of aromatic nitrogens is 1. The molecule has 0 aliphatic carbocycles. The fourth-order valence-electron chi connectivity index (χ4n) is 3.24. The van der Waals surface area contributed by atoms with Crippen LogP contribution in [0.15, 0.2) is 42.6 Å². The van der Waals surface area contributed by atoms with Crippen molar-refractivity contribution in [2.75, 3.05) is 25.0 Å². The molecule has 2 heterocycles. The number of benzene rings is 1. The topological polar surface area (TPSA) is 88.6 Å². The van der Waals surface area contributed by atoms with Crippen molar-refractivity contribution in [3.05, 3.63) is 59.4 Å². The summed E-state index contributed by atoms with van der Waals surface area (Å²) in [5.41, 5.74) is 1.56. The summed E-state index contributed by atoms with van der Waals surface area (Å²) in [5, 5.41) is 2.73. The number of nitrogens with one attached hydrogen (secondary N) is 1. The molecule has 1 saturated heterocycles. The summed E-state index contributed by atoms with van der Waals surface area (Å²) in [7, 11) is 0. The highest BCUT2D eigenvalue weighted by molar-refractivity contribution is 6.05. The van der Waals surface area contributed by atoms with Crippen LogP contribution < -0.4 is 5.32 Å². The van der Waals surface area contributed by atoms with Crippen LogP contribution in [0.5, 0.6) is 0 Å². The average molecular weight is 395 g/mol. The predicted molar refractivity (Wildman–Crippen MR) is 109 cm³/mol. The molecule has 0 unspecified atom stereocenters. The summed E-state index contributed by atoms with van der Waals surface area (Å²) in [5.74, 6) is -0.895. The van der Waals surface area contributed by atoms with Gasteiger partial charge in [-0.15, -0.1) is 0 Å². The maximum absolute atomic E-state index is 12.8. The first-order chi connectivity index (χ1) is 14.1. The number of carbonyl (C=O) groups is 3. The van der Waals surface area contributed by atoms with E-state index >= 15 is 0 Å². The van der Waals surface area contributed by atoms with Crippen LogP contribution >= 0.6 is 0 Å². The number of likely N-dealkylation sites (tertiary alicyclic amines) is 1. The minimum Gasteiger partial charge on any atom is -0.462 e. The minimum absolute atomic E-state index is 0.0675. The van der Waals surface area contributed by atoms with Crippen LogP contribution in [0.4, 0.5) is 5.69 Å². The molecule has 1 N–H and O–H groups in total. The average Bonchev–Trinajstić information content (AvgIpc) is 3.03. The molecule has 3 rings (SSSR count). The van der Waals surface area contributed by atoms with Crippen molar-refractivity contribution in [2.45, 2.75) is 32.6 Å². The van der Waals surface area contributed by atoms with Crippen LogP contribution in [0.2, 0.25) is 0 Å². The van der Waals surface area contributed by atoms with Gasteiger partial charge in [-0.05, 0) is 56.2 Å². The second-order valence-corrected chi connectivity index (χ2v) is 6.89. The van der Waals surface area contributed by atoms with Crippen molar-refractivity contribution in [3.8, 4) is 0 Å². The molecular weight excluding hydrogens is 370 g/mol. The van der Waals surface area contributed by atoms with E-state index in [1.54, 1.807) is 37.3 Å². The second-order valence-electron chi connectivity index (χ2n) is 6.89. The normalized spacial score (nSPS) is 14.0. The van der Waals surface area contributed by atoms with Crippen LogP contribution in [-0.2, 0) is 4.74 Å². The quantitative estimate of drug-likeness (QED) is 0.783. The van der Waals surface area contributed by atoms with Gasteiger partial charge >= 0.3 is 5.97 Å². The number of rotatable bonds is 5. The number of anilines is 1. The van der Waals surface area contributed by atoms with E-state index in [4.69, 9.17) is 4.74 Å². The number of ether oxygens (including phenoxy) is 1. The lowest BCUT2D eigenvalue weighted by molar-refractivity contribution is 0.0526. The molecule has 1 fully saturated rings. The molecule has 1 aromatic heterocycles. The molecule has 0 spiro atoms. The molecule has 2 aromatic rings. The molecule has 1 aliphatic heterocycles. The smallest absolute Gasteiger partial charge is 0.338 e. The van der Waals surface area contributed by atoms with Crippen LogP contribution in [0.3, 0.4) is 0 Å². The monoisotopic (exact) mass is 395 g/mol. The molecular formula is C22H25N3O4. The Kier molecular flexibility index (Phi) is 6.94. The Bertz CT molecular complexity index is 872. The van der Waals surface area contributed by atoms with Crippen molar-refractivity contribution in [3.63, 3.8) is 0 Å². The van der Waals surface area contributed by atoms with E-state index in [9.17, 15) is 14.4 Å². The van der Waals surface area contributed by atoms with Crippen molar-refractivity contribution in [1.82, 2.24) is 9.88 Å². The van der Waals surface area contributed by atoms with Crippen molar-refractivity contribution >= 4 is 23.5 Å². The van der Waals surface area contributed by atoms with Gasteiger partial charge in [-0.2, -0.15) is 0 Å². The molecule has 0 bridgehead atoms. The first kappa shape index (κ1) is 20.5. The van der Waals surface area contributed by atoms with E-state index in [0.29, 0.717) is 23.4 Å². The highest BCUT2D eigenvalue weighted by Crippen LogP contribution is 2.15. The van der Waals surface area contributed by atoms with E-state index in [0.717, 1.165) is 38.8 Å². The van der Waals surface area contributed by atoms with Gasteiger partial charge < -0.3 is 15.0 Å². The standard InChI is InChI=1S/C22H25N3O4/c1-2-29-22(28)16-7-9-18(10-8-16)24-20(26)19-15-17(11-12-23-19)21(27)25-13-5-3-4-6-14-25/h7-12,15H,2-6,13-14H2,1H3,(H,24,26). The minimum atomic E-state index is -0.417. The van der Waals surface area contributed by atoms with Crippen LogP contribution in [0, 0.1) is 0 Å². The number of amides is 2. The SMILES string of the molecule is CCOC(=O)c1ccc(NC(=O)c2cc(C(=O)N3CCCCCC3)ccn2)cc1. The van der Waals surface area contributed by atoms with Gasteiger partial charge in [0.15, 0.2) is 0 Å². The molecule has 7 nitrogen and oxygen atoms in total. The van der Waals surface area contributed by atoms with Gasteiger partial charge in [0.2, 0.25) is 0 Å². The maximum atomic E-state index is 12.8.